The van der Waals surface area contributed by atoms with Crippen molar-refractivity contribution >= 4 is 6.09 Å². The van der Waals surface area contributed by atoms with E-state index in [4.69, 9.17) is 9.84 Å². The van der Waals surface area contributed by atoms with E-state index >= 15 is 0 Å². The lowest BCUT2D eigenvalue weighted by atomic mass is 10.2. The first-order chi connectivity index (χ1) is 8.11. The van der Waals surface area contributed by atoms with Gasteiger partial charge < -0.3 is 20.5 Å². The molecule has 0 saturated carbocycles. The molecular weight excluding hydrogens is 220 g/mol. The van der Waals surface area contributed by atoms with Crippen LogP contribution < -0.4 is 15.4 Å². The van der Waals surface area contributed by atoms with Gasteiger partial charge in [-0.25, -0.2) is 4.79 Å². The molecule has 1 atom stereocenters. The number of benzene rings is 1. The Morgan fingerprint density at radius 3 is 2.59 bits per heavy atom. The van der Waals surface area contributed by atoms with Crippen LogP contribution in [-0.4, -0.2) is 30.9 Å². The van der Waals surface area contributed by atoms with Crippen LogP contribution in [0.3, 0.4) is 0 Å². The van der Waals surface area contributed by atoms with Crippen LogP contribution in [0.1, 0.15) is 12.5 Å². The Bertz CT molecular complexity index is 351. The summed E-state index contributed by atoms with van der Waals surface area (Å²) in [6, 6.07) is 7.84. The zero-order valence-electron chi connectivity index (χ0n) is 10.1. The van der Waals surface area contributed by atoms with Crippen LogP contribution in [0.15, 0.2) is 24.3 Å². The molecule has 0 aromatic heterocycles. The van der Waals surface area contributed by atoms with E-state index in [2.05, 4.69) is 10.6 Å². The highest BCUT2D eigenvalue weighted by Gasteiger charge is 2.03. The van der Waals surface area contributed by atoms with Crippen LogP contribution >= 0.6 is 0 Å². The molecule has 0 saturated heterocycles. The average molecular weight is 238 g/mol. The molecule has 0 radical (unpaired) electrons. The first-order valence-corrected chi connectivity index (χ1v) is 5.45. The van der Waals surface area contributed by atoms with Gasteiger partial charge in [-0.15, -0.1) is 0 Å². The second-order valence-corrected chi connectivity index (χ2v) is 3.82. The Kier molecular flexibility index (Phi) is 5.29. The summed E-state index contributed by atoms with van der Waals surface area (Å²) < 4.78 is 5.06. The minimum absolute atomic E-state index is 0.0909. The fraction of sp³-hybridized carbons (Fsp3) is 0.417. The lowest BCUT2D eigenvalue weighted by molar-refractivity contribution is 0.193. The summed E-state index contributed by atoms with van der Waals surface area (Å²) >= 11 is 0. The summed E-state index contributed by atoms with van der Waals surface area (Å²) in [7, 11) is 1.63. The molecule has 0 spiro atoms. The molecule has 0 aliphatic rings. The Hall–Kier alpha value is -1.75. The minimum Gasteiger partial charge on any atom is -0.497 e. The highest BCUT2D eigenvalue weighted by Crippen LogP contribution is 2.10. The normalized spacial score (nSPS) is 11.9. The second-order valence-electron chi connectivity index (χ2n) is 3.82. The Labute approximate surface area is 101 Å². The van der Waals surface area contributed by atoms with Gasteiger partial charge >= 0.3 is 6.09 Å². The number of rotatable bonds is 6. The van der Waals surface area contributed by atoms with Crippen molar-refractivity contribution in [2.45, 2.75) is 19.5 Å². The number of carbonyl (C=O) groups is 1. The fourth-order valence-electron chi connectivity index (χ4n) is 1.35. The third-order valence-electron chi connectivity index (χ3n) is 2.37. The summed E-state index contributed by atoms with van der Waals surface area (Å²) in [5.41, 5.74) is 1.13. The molecule has 3 N–H and O–H groups in total. The topological polar surface area (TPSA) is 70.6 Å². The Morgan fingerprint density at radius 1 is 1.41 bits per heavy atom. The van der Waals surface area contributed by atoms with E-state index < -0.39 is 6.09 Å². The summed E-state index contributed by atoms with van der Waals surface area (Å²) in [5.74, 6) is 0.828. The fourth-order valence-corrected chi connectivity index (χ4v) is 1.35. The first-order valence-electron chi connectivity index (χ1n) is 5.45. The van der Waals surface area contributed by atoms with Gasteiger partial charge in [0.15, 0.2) is 0 Å². The SMILES string of the molecule is COc1ccc(CNC(C)CNC(=O)O)cc1. The minimum atomic E-state index is -0.997. The zero-order chi connectivity index (χ0) is 12.7. The number of nitrogens with one attached hydrogen (secondary N) is 2. The highest BCUT2D eigenvalue weighted by atomic mass is 16.5. The van der Waals surface area contributed by atoms with Crippen molar-refractivity contribution in [3.05, 3.63) is 29.8 Å². The molecule has 1 unspecified atom stereocenters. The third-order valence-corrected chi connectivity index (χ3v) is 2.37. The number of methoxy groups -OCH3 is 1. The van der Waals surface area contributed by atoms with E-state index in [-0.39, 0.29) is 6.04 Å². The molecule has 17 heavy (non-hydrogen) atoms. The van der Waals surface area contributed by atoms with Crippen LogP contribution in [0.2, 0.25) is 0 Å². The van der Waals surface area contributed by atoms with Gasteiger partial charge in [-0.1, -0.05) is 12.1 Å². The smallest absolute Gasteiger partial charge is 0.404 e. The van der Waals surface area contributed by atoms with Crippen molar-refractivity contribution in [3.8, 4) is 5.75 Å². The second kappa shape index (κ2) is 6.75. The van der Waals surface area contributed by atoms with E-state index in [1.165, 1.54) is 0 Å². The van der Waals surface area contributed by atoms with Crippen molar-refractivity contribution in [1.82, 2.24) is 10.6 Å². The van der Waals surface area contributed by atoms with Crippen molar-refractivity contribution in [2.24, 2.45) is 0 Å². The van der Waals surface area contributed by atoms with E-state index in [9.17, 15) is 4.79 Å². The lowest BCUT2D eigenvalue weighted by Gasteiger charge is -2.13. The van der Waals surface area contributed by atoms with E-state index in [0.29, 0.717) is 13.1 Å². The lowest BCUT2D eigenvalue weighted by Crippen LogP contribution is -2.37. The maximum absolute atomic E-state index is 10.3. The van der Waals surface area contributed by atoms with Gasteiger partial charge in [-0.2, -0.15) is 0 Å². The molecule has 94 valence electrons. The molecule has 1 amide bonds. The maximum Gasteiger partial charge on any atom is 0.404 e. The molecular formula is C12H18N2O3. The van der Waals surface area contributed by atoms with Gasteiger partial charge in [-0.3, -0.25) is 0 Å². The van der Waals surface area contributed by atoms with Crippen LogP contribution in [0, 0.1) is 0 Å². The predicted octanol–water partition coefficient (Wildman–Crippen LogP) is 1.44. The maximum atomic E-state index is 10.3. The van der Waals surface area contributed by atoms with E-state index in [1.807, 2.05) is 31.2 Å². The number of amides is 1. The molecule has 1 aromatic carbocycles. The summed E-state index contributed by atoms with van der Waals surface area (Å²) in [6.07, 6.45) is -0.997. The number of carboxylic acid groups (broad SMARTS) is 1. The quantitative estimate of drug-likeness (QED) is 0.701. The number of ether oxygens (including phenoxy) is 1. The number of hydrogen-bond donors (Lipinski definition) is 3. The van der Waals surface area contributed by atoms with Gasteiger partial charge in [0.1, 0.15) is 5.75 Å². The van der Waals surface area contributed by atoms with E-state index in [0.717, 1.165) is 11.3 Å². The largest absolute Gasteiger partial charge is 0.497 e. The Morgan fingerprint density at radius 2 is 2.06 bits per heavy atom. The predicted molar refractivity (Wildman–Crippen MR) is 65.3 cm³/mol. The van der Waals surface area contributed by atoms with Crippen LogP contribution in [-0.2, 0) is 6.54 Å². The van der Waals surface area contributed by atoms with Crippen LogP contribution in [0.25, 0.3) is 0 Å². The molecule has 5 heteroatoms. The highest BCUT2D eigenvalue weighted by molar-refractivity contribution is 5.64. The molecule has 0 heterocycles. The van der Waals surface area contributed by atoms with Crippen molar-refractivity contribution in [2.75, 3.05) is 13.7 Å². The molecule has 1 rings (SSSR count). The van der Waals surface area contributed by atoms with Crippen molar-refractivity contribution in [1.29, 1.82) is 0 Å². The molecule has 0 bridgehead atoms. The Balaban J connectivity index is 2.31. The van der Waals surface area contributed by atoms with Gasteiger partial charge in [0.2, 0.25) is 0 Å². The van der Waals surface area contributed by atoms with Gasteiger partial charge in [-0.05, 0) is 24.6 Å². The molecule has 1 aromatic rings. The average Bonchev–Trinajstić information content (AvgIpc) is 2.34. The molecule has 0 fully saturated rings. The van der Waals surface area contributed by atoms with Crippen LogP contribution in [0.5, 0.6) is 5.75 Å². The standard InChI is InChI=1S/C12H18N2O3/c1-9(7-14-12(15)16)13-8-10-3-5-11(17-2)6-4-10/h3-6,9,13-14H,7-8H2,1-2H3,(H,15,16). The molecule has 5 nitrogen and oxygen atoms in total. The third kappa shape index (κ3) is 5.21. The van der Waals surface area contributed by atoms with Crippen molar-refractivity contribution in [3.63, 3.8) is 0 Å². The van der Waals surface area contributed by atoms with Crippen molar-refractivity contribution < 1.29 is 14.6 Å². The molecule has 0 aliphatic carbocycles. The first kappa shape index (κ1) is 13.3. The monoisotopic (exact) mass is 238 g/mol. The summed E-state index contributed by atoms with van der Waals surface area (Å²) in [6.45, 7) is 3.03. The zero-order valence-corrected chi connectivity index (χ0v) is 10.1. The van der Waals surface area contributed by atoms with Crippen LogP contribution in [0.4, 0.5) is 4.79 Å². The molecule has 0 aliphatic heterocycles. The summed E-state index contributed by atoms with van der Waals surface area (Å²) in [4.78, 5) is 10.3. The summed E-state index contributed by atoms with van der Waals surface area (Å²) in [5, 5.41) is 14.0. The van der Waals surface area contributed by atoms with Gasteiger partial charge in [0, 0.05) is 19.1 Å². The van der Waals surface area contributed by atoms with Gasteiger partial charge in [0.25, 0.3) is 0 Å². The van der Waals surface area contributed by atoms with E-state index in [1.54, 1.807) is 7.11 Å². The van der Waals surface area contributed by atoms with Gasteiger partial charge in [0.05, 0.1) is 7.11 Å². The number of hydrogen-bond acceptors (Lipinski definition) is 3.